The van der Waals surface area contributed by atoms with Crippen LogP contribution in [0.5, 0.6) is 0 Å². The van der Waals surface area contributed by atoms with Gasteiger partial charge in [0.1, 0.15) is 0 Å². The molecule has 1 heterocycles. The topological polar surface area (TPSA) is 71.1 Å². The third-order valence-electron chi connectivity index (χ3n) is 2.77. The van der Waals surface area contributed by atoms with Crippen LogP contribution in [0.25, 0.3) is 0 Å². The van der Waals surface area contributed by atoms with E-state index in [0.717, 1.165) is 10.6 Å². The van der Waals surface area contributed by atoms with Gasteiger partial charge in [-0.05, 0) is 17.7 Å². The molecule has 22 heavy (non-hydrogen) atoms. The first-order chi connectivity index (χ1) is 10.7. The van der Waals surface area contributed by atoms with E-state index >= 15 is 0 Å². The van der Waals surface area contributed by atoms with Gasteiger partial charge in [0.05, 0.1) is 5.03 Å². The quantitative estimate of drug-likeness (QED) is 0.804. The maximum atomic E-state index is 11.6. The van der Waals surface area contributed by atoms with E-state index in [1.807, 2.05) is 48.5 Å². The first-order valence-corrected chi connectivity index (χ1v) is 7.88. The summed E-state index contributed by atoms with van der Waals surface area (Å²) in [7, 11) is 0. The number of aromatic nitrogens is 1. The molecule has 0 saturated carbocycles. The molecule has 0 radical (unpaired) electrons. The van der Waals surface area contributed by atoms with E-state index in [2.05, 4.69) is 15.6 Å². The van der Waals surface area contributed by atoms with E-state index in [4.69, 9.17) is 0 Å². The lowest BCUT2D eigenvalue weighted by molar-refractivity contribution is -0.119. The molecule has 0 unspecified atom stereocenters. The smallest absolute Gasteiger partial charge is 0.321 e. The lowest BCUT2D eigenvalue weighted by Crippen LogP contribution is -2.39. The molecule has 2 aromatic rings. The second-order valence-electron chi connectivity index (χ2n) is 4.48. The van der Waals surface area contributed by atoms with Gasteiger partial charge in [0, 0.05) is 24.9 Å². The van der Waals surface area contributed by atoms with Crippen LogP contribution in [0.1, 0.15) is 12.0 Å². The predicted molar refractivity (Wildman–Crippen MR) is 86.4 cm³/mol. The zero-order valence-corrected chi connectivity index (χ0v) is 12.8. The monoisotopic (exact) mass is 315 g/mol. The fourth-order valence-electron chi connectivity index (χ4n) is 1.69. The summed E-state index contributed by atoms with van der Waals surface area (Å²) in [6, 6.07) is 14.7. The van der Waals surface area contributed by atoms with E-state index in [0.29, 0.717) is 12.3 Å². The number of carbonyl (C=O) groups excluding carboxylic acids is 2. The molecular weight excluding hydrogens is 298 g/mol. The third kappa shape index (κ3) is 5.97. The van der Waals surface area contributed by atoms with Gasteiger partial charge in [-0.15, -0.1) is 11.8 Å². The second-order valence-corrected chi connectivity index (χ2v) is 5.60. The zero-order chi connectivity index (χ0) is 15.6. The van der Waals surface area contributed by atoms with E-state index < -0.39 is 6.03 Å². The van der Waals surface area contributed by atoms with Gasteiger partial charge in [0.2, 0.25) is 5.91 Å². The van der Waals surface area contributed by atoms with E-state index in [9.17, 15) is 9.59 Å². The van der Waals surface area contributed by atoms with Crippen LogP contribution in [0.4, 0.5) is 4.79 Å². The van der Waals surface area contributed by atoms with Crippen molar-refractivity contribution < 1.29 is 9.59 Å². The Bertz CT molecular complexity index is 605. The van der Waals surface area contributed by atoms with Gasteiger partial charge in [-0.1, -0.05) is 36.4 Å². The van der Waals surface area contributed by atoms with E-state index in [1.54, 1.807) is 6.20 Å². The van der Waals surface area contributed by atoms with Gasteiger partial charge in [0.15, 0.2) is 0 Å². The number of pyridine rings is 1. The number of nitrogens with one attached hydrogen (secondary N) is 2. The van der Waals surface area contributed by atoms with E-state index in [-0.39, 0.29) is 12.3 Å². The number of thioether (sulfide) groups is 1. The Labute approximate surface area is 133 Å². The molecule has 0 bridgehead atoms. The van der Waals surface area contributed by atoms with Crippen molar-refractivity contribution in [2.75, 3.05) is 5.75 Å². The molecule has 2 rings (SSSR count). The van der Waals surface area contributed by atoms with Crippen molar-refractivity contribution in [2.45, 2.75) is 18.0 Å². The van der Waals surface area contributed by atoms with Crippen molar-refractivity contribution >= 4 is 23.7 Å². The number of carbonyl (C=O) groups is 2. The summed E-state index contributed by atoms with van der Waals surface area (Å²) >= 11 is 1.48. The Hall–Kier alpha value is -2.34. The molecule has 114 valence electrons. The molecule has 1 aromatic carbocycles. The lowest BCUT2D eigenvalue weighted by Gasteiger charge is -2.06. The van der Waals surface area contributed by atoms with Gasteiger partial charge in [-0.2, -0.15) is 0 Å². The molecule has 2 N–H and O–H groups in total. The third-order valence-corrected chi connectivity index (χ3v) is 3.71. The highest BCUT2D eigenvalue weighted by Crippen LogP contribution is 2.14. The Kier molecular flexibility index (Phi) is 6.44. The zero-order valence-electron chi connectivity index (χ0n) is 12.0. The maximum absolute atomic E-state index is 11.6. The Morgan fingerprint density at radius 2 is 1.82 bits per heavy atom. The summed E-state index contributed by atoms with van der Waals surface area (Å²) in [5.41, 5.74) is 0.982. The van der Waals surface area contributed by atoms with Crippen molar-refractivity contribution in [3.8, 4) is 0 Å². The first-order valence-electron chi connectivity index (χ1n) is 6.89. The number of amides is 3. The molecule has 0 aliphatic carbocycles. The fraction of sp³-hybridized carbons (Fsp3) is 0.188. The minimum atomic E-state index is -0.475. The highest BCUT2D eigenvalue weighted by atomic mass is 32.2. The normalized spacial score (nSPS) is 10.0. The molecule has 0 saturated heterocycles. The van der Waals surface area contributed by atoms with Crippen LogP contribution in [-0.4, -0.2) is 22.7 Å². The van der Waals surface area contributed by atoms with E-state index in [1.165, 1.54) is 11.8 Å². The summed E-state index contributed by atoms with van der Waals surface area (Å²) in [4.78, 5) is 27.4. The van der Waals surface area contributed by atoms with Gasteiger partial charge in [-0.25, -0.2) is 9.78 Å². The predicted octanol–water partition coefficient (Wildman–Crippen LogP) is 2.59. The van der Waals surface area contributed by atoms with Crippen LogP contribution in [0.15, 0.2) is 59.8 Å². The maximum Gasteiger partial charge on any atom is 0.321 e. The Balaban J connectivity index is 1.63. The average Bonchev–Trinajstić information content (AvgIpc) is 2.55. The first kappa shape index (κ1) is 16.0. The summed E-state index contributed by atoms with van der Waals surface area (Å²) in [5.74, 6) is 0.281. The van der Waals surface area contributed by atoms with Crippen LogP contribution in [0.2, 0.25) is 0 Å². The van der Waals surface area contributed by atoms with Crippen molar-refractivity contribution in [2.24, 2.45) is 0 Å². The molecule has 6 heteroatoms. The van der Waals surface area contributed by atoms with Crippen LogP contribution >= 0.6 is 11.8 Å². The van der Waals surface area contributed by atoms with Crippen LogP contribution in [0, 0.1) is 0 Å². The number of urea groups is 1. The van der Waals surface area contributed by atoms with Crippen molar-refractivity contribution in [3.05, 3.63) is 60.3 Å². The minimum absolute atomic E-state index is 0.264. The van der Waals surface area contributed by atoms with Gasteiger partial charge >= 0.3 is 6.03 Å². The van der Waals surface area contributed by atoms with Gasteiger partial charge < -0.3 is 5.32 Å². The van der Waals surface area contributed by atoms with Gasteiger partial charge in [0.25, 0.3) is 0 Å². The summed E-state index contributed by atoms with van der Waals surface area (Å²) < 4.78 is 0. The molecule has 5 nitrogen and oxygen atoms in total. The van der Waals surface area contributed by atoms with Crippen molar-refractivity contribution in [1.82, 2.24) is 15.6 Å². The Morgan fingerprint density at radius 1 is 1.05 bits per heavy atom. The summed E-state index contributed by atoms with van der Waals surface area (Å²) in [6.45, 7) is 0.392. The SMILES string of the molecule is O=C(CCSc1ccccn1)NC(=O)NCc1ccccc1. The summed E-state index contributed by atoms with van der Waals surface area (Å²) in [6.07, 6.45) is 1.97. The number of hydrogen-bond acceptors (Lipinski definition) is 4. The summed E-state index contributed by atoms with van der Waals surface area (Å²) in [5, 5.41) is 5.83. The number of imide groups is 1. The molecule has 0 aliphatic rings. The van der Waals surface area contributed by atoms with Crippen LogP contribution in [-0.2, 0) is 11.3 Å². The molecule has 0 spiro atoms. The van der Waals surface area contributed by atoms with Crippen molar-refractivity contribution in [1.29, 1.82) is 0 Å². The number of hydrogen-bond donors (Lipinski definition) is 2. The molecule has 3 amide bonds. The largest absolute Gasteiger partial charge is 0.334 e. The number of benzene rings is 1. The molecule has 0 fully saturated rings. The standard InChI is InChI=1S/C16H17N3O2S/c20-14(9-11-22-15-8-4-5-10-17-15)19-16(21)18-12-13-6-2-1-3-7-13/h1-8,10H,9,11-12H2,(H2,18,19,20,21). The number of nitrogens with zero attached hydrogens (tertiary/aromatic N) is 1. The van der Waals surface area contributed by atoms with Crippen molar-refractivity contribution in [3.63, 3.8) is 0 Å². The van der Waals surface area contributed by atoms with Crippen LogP contribution in [0.3, 0.4) is 0 Å². The molecule has 0 atom stereocenters. The minimum Gasteiger partial charge on any atom is -0.334 e. The fourth-order valence-corrected chi connectivity index (χ4v) is 2.50. The highest BCUT2D eigenvalue weighted by Gasteiger charge is 2.07. The van der Waals surface area contributed by atoms with Gasteiger partial charge in [-0.3, -0.25) is 10.1 Å². The number of rotatable bonds is 6. The molecule has 1 aromatic heterocycles. The second kappa shape index (κ2) is 8.84. The lowest BCUT2D eigenvalue weighted by atomic mass is 10.2. The average molecular weight is 315 g/mol. The Morgan fingerprint density at radius 3 is 2.55 bits per heavy atom. The molecular formula is C16H17N3O2S. The highest BCUT2D eigenvalue weighted by molar-refractivity contribution is 7.99. The van der Waals surface area contributed by atoms with Crippen LogP contribution < -0.4 is 10.6 Å². The molecule has 0 aliphatic heterocycles.